The average molecular weight is 367 g/mol. The molecule has 144 valence electrons. The minimum atomic E-state index is -0.0731. The van der Waals surface area contributed by atoms with Crippen LogP contribution in [0.15, 0.2) is 54.6 Å². The lowest BCUT2D eigenvalue weighted by atomic mass is 10.1. The molecule has 5 nitrogen and oxygen atoms in total. The molecule has 0 heterocycles. The third-order valence-corrected chi connectivity index (χ3v) is 4.19. The first-order chi connectivity index (χ1) is 13.1. The second-order valence-corrected chi connectivity index (χ2v) is 6.49. The summed E-state index contributed by atoms with van der Waals surface area (Å²) >= 11 is 0. The zero-order valence-corrected chi connectivity index (χ0v) is 16.2. The third-order valence-electron chi connectivity index (χ3n) is 4.19. The van der Waals surface area contributed by atoms with Crippen LogP contribution in [-0.4, -0.2) is 36.3 Å². The van der Waals surface area contributed by atoms with E-state index in [-0.39, 0.29) is 18.4 Å². The van der Waals surface area contributed by atoms with Crippen molar-refractivity contribution < 1.29 is 9.59 Å². The molecule has 2 aromatic rings. The highest BCUT2D eigenvalue weighted by Gasteiger charge is 2.14. The number of nitrogens with zero attached hydrogens (tertiary/aromatic N) is 1. The van der Waals surface area contributed by atoms with Crippen LogP contribution in [0.3, 0.4) is 0 Å². The molecule has 0 radical (unpaired) electrons. The van der Waals surface area contributed by atoms with Crippen molar-refractivity contribution >= 4 is 17.5 Å². The van der Waals surface area contributed by atoms with Gasteiger partial charge in [0.25, 0.3) is 5.91 Å². The van der Waals surface area contributed by atoms with Gasteiger partial charge in [0.05, 0.1) is 6.54 Å². The summed E-state index contributed by atoms with van der Waals surface area (Å²) in [6.07, 6.45) is 1.90. The monoisotopic (exact) mass is 367 g/mol. The van der Waals surface area contributed by atoms with Gasteiger partial charge in [0, 0.05) is 30.9 Å². The Morgan fingerprint density at radius 2 is 1.52 bits per heavy atom. The van der Waals surface area contributed by atoms with Gasteiger partial charge < -0.3 is 15.5 Å². The van der Waals surface area contributed by atoms with Crippen LogP contribution in [0.4, 0.5) is 5.69 Å². The number of amides is 2. The summed E-state index contributed by atoms with van der Waals surface area (Å²) in [5.41, 5.74) is 2.56. The molecule has 0 bridgehead atoms. The second kappa shape index (κ2) is 11.0. The smallest absolute Gasteiger partial charge is 0.253 e. The Morgan fingerprint density at radius 3 is 2.11 bits per heavy atom. The molecule has 27 heavy (non-hydrogen) atoms. The van der Waals surface area contributed by atoms with Gasteiger partial charge >= 0.3 is 0 Å². The largest absolute Gasteiger partial charge is 0.376 e. The van der Waals surface area contributed by atoms with E-state index in [4.69, 9.17) is 0 Å². The number of benzene rings is 2. The molecule has 0 fully saturated rings. The maximum Gasteiger partial charge on any atom is 0.253 e. The van der Waals surface area contributed by atoms with E-state index in [9.17, 15) is 9.59 Å². The van der Waals surface area contributed by atoms with Crippen LogP contribution in [0.5, 0.6) is 0 Å². The first kappa shape index (κ1) is 20.5. The van der Waals surface area contributed by atoms with Crippen molar-refractivity contribution in [3.63, 3.8) is 0 Å². The zero-order valence-electron chi connectivity index (χ0n) is 16.2. The fraction of sp³-hybridized carbons (Fsp3) is 0.364. The molecule has 0 aliphatic heterocycles. The summed E-state index contributed by atoms with van der Waals surface area (Å²) in [4.78, 5) is 26.4. The summed E-state index contributed by atoms with van der Waals surface area (Å²) in [6, 6.07) is 17.1. The van der Waals surface area contributed by atoms with Crippen LogP contribution >= 0.6 is 0 Å². The van der Waals surface area contributed by atoms with Gasteiger partial charge in [-0.05, 0) is 42.7 Å². The molecule has 5 heteroatoms. The molecule has 0 saturated carbocycles. The molecule has 0 aromatic heterocycles. The highest BCUT2D eigenvalue weighted by molar-refractivity contribution is 5.94. The summed E-state index contributed by atoms with van der Waals surface area (Å²) in [7, 11) is 0. The van der Waals surface area contributed by atoms with Crippen LogP contribution in [0.25, 0.3) is 0 Å². The van der Waals surface area contributed by atoms with Gasteiger partial charge in [-0.15, -0.1) is 0 Å². The lowest BCUT2D eigenvalue weighted by Crippen LogP contribution is -2.32. The minimum Gasteiger partial charge on any atom is -0.376 e. The van der Waals surface area contributed by atoms with Crippen molar-refractivity contribution in [2.45, 2.75) is 33.2 Å². The number of hydrogen-bond donors (Lipinski definition) is 2. The van der Waals surface area contributed by atoms with E-state index in [2.05, 4.69) is 24.5 Å². The van der Waals surface area contributed by atoms with Gasteiger partial charge in [-0.1, -0.05) is 44.2 Å². The Balaban J connectivity index is 1.82. The van der Waals surface area contributed by atoms with E-state index >= 15 is 0 Å². The van der Waals surface area contributed by atoms with Crippen LogP contribution in [0, 0.1) is 0 Å². The first-order valence-corrected chi connectivity index (χ1v) is 9.57. The summed E-state index contributed by atoms with van der Waals surface area (Å²) in [5.74, 6) is -0.0121. The summed E-state index contributed by atoms with van der Waals surface area (Å²) in [5, 5.41) is 5.97. The van der Waals surface area contributed by atoms with Gasteiger partial charge in [-0.3, -0.25) is 9.59 Å². The van der Waals surface area contributed by atoms with Crippen molar-refractivity contribution in [2.24, 2.45) is 0 Å². The number of rotatable bonds is 10. The Bertz CT molecular complexity index is 708. The fourth-order valence-electron chi connectivity index (χ4n) is 2.81. The van der Waals surface area contributed by atoms with Crippen molar-refractivity contribution in [2.75, 3.05) is 25.0 Å². The molecule has 0 aliphatic rings. The molecule has 2 amide bonds. The molecular formula is C22H29N3O2. The second-order valence-electron chi connectivity index (χ2n) is 6.49. The van der Waals surface area contributed by atoms with Crippen LogP contribution in [0.1, 0.15) is 42.6 Å². The van der Waals surface area contributed by atoms with Crippen molar-refractivity contribution in [1.82, 2.24) is 10.2 Å². The normalized spacial score (nSPS) is 10.3. The quantitative estimate of drug-likeness (QED) is 0.673. The molecule has 0 atom stereocenters. The third kappa shape index (κ3) is 6.77. The lowest BCUT2D eigenvalue weighted by molar-refractivity contribution is -0.119. The highest BCUT2D eigenvalue weighted by Crippen LogP contribution is 2.12. The van der Waals surface area contributed by atoms with Crippen molar-refractivity contribution in [3.8, 4) is 0 Å². The van der Waals surface area contributed by atoms with E-state index in [0.29, 0.717) is 12.1 Å². The van der Waals surface area contributed by atoms with Gasteiger partial charge in [0.2, 0.25) is 5.91 Å². The number of carbonyl (C=O) groups excluding carboxylic acids is 2. The molecule has 2 aromatic carbocycles. The molecule has 2 N–H and O–H groups in total. The molecule has 2 rings (SSSR count). The molecule has 0 spiro atoms. The number of hydrogen-bond acceptors (Lipinski definition) is 3. The van der Waals surface area contributed by atoms with Crippen molar-refractivity contribution in [1.29, 1.82) is 0 Å². The van der Waals surface area contributed by atoms with Gasteiger partial charge in [-0.2, -0.15) is 0 Å². The Morgan fingerprint density at radius 1 is 0.889 bits per heavy atom. The fourth-order valence-corrected chi connectivity index (χ4v) is 2.81. The SMILES string of the molecule is CCCN(CCC)C(=O)c1ccc(NCC(=O)NCc2ccccc2)cc1. The topological polar surface area (TPSA) is 61.4 Å². The molecular weight excluding hydrogens is 338 g/mol. The standard InChI is InChI=1S/C22H29N3O2/c1-3-14-25(15-4-2)22(27)19-10-12-20(13-11-19)23-17-21(26)24-16-18-8-6-5-7-9-18/h5-13,23H,3-4,14-17H2,1-2H3,(H,24,26). The van der Waals surface area contributed by atoms with Gasteiger partial charge in [-0.25, -0.2) is 0 Å². The number of nitrogens with one attached hydrogen (secondary N) is 2. The van der Waals surface area contributed by atoms with E-state index in [1.54, 1.807) is 0 Å². The molecule has 0 saturated heterocycles. The van der Waals surface area contributed by atoms with Crippen molar-refractivity contribution in [3.05, 3.63) is 65.7 Å². The summed E-state index contributed by atoms with van der Waals surface area (Å²) in [6.45, 7) is 6.40. The lowest BCUT2D eigenvalue weighted by Gasteiger charge is -2.21. The number of carbonyl (C=O) groups is 2. The van der Waals surface area contributed by atoms with Gasteiger partial charge in [0.15, 0.2) is 0 Å². The first-order valence-electron chi connectivity index (χ1n) is 9.57. The molecule has 0 unspecified atom stereocenters. The van der Waals surface area contributed by atoms with Gasteiger partial charge in [0.1, 0.15) is 0 Å². The Kier molecular flexibility index (Phi) is 8.36. The predicted octanol–water partition coefficient (Wildman–Crippen LogP) is 3.68. The molecule has 0 aliphatic carbocycles. The maximum absolute atomic E-state index is 12.6. The minimum absolute atomic E-state index is 0.0610. The van der Waals surface area contributed by atoms with Crippen LogP contribution in [-0.2, 0) is 11.3 Å². The average Bonchev–Trinajstić information content (AvgIpc) is 2.71. The van der Waals surface area contributed by atoms with Crippen LogP contribution < -0.4 is 10.6 Å². The Labute approximate surface area is 161 Å². The van der Waals surface area contributed by atoms with E-state index in [1.165, 1.54) is 0 Å². The van der Waals surface area contributed by atoms with E-state index in [1.807, 2.05) is 59.5 Å². The van der Waals surface area contributed by atoms with E-state index < -0.39 is 0 Å². The predicted molar refractivity (Wildman–Crippen MR) is 110 cm³/mol. The van der Waals surface area contributed by atoms with E-state index in [0.717, 1.165) is 37.2 Å². The maximum atomic E-state index is 12.6. The zero-order chi connectivity index (χ0) is 19.5. The van der Waals surface area contributed by atoms with Crippen LogP contribution in [0.2, 0.25) is 0 Å². The Hall–Kier alpha value is -2.82. The number of anilines is 1. The summed E-state index contributed by atoms with van der Waals surface area (Å²) < 4.78 is 0. The highest BCUT2D eigenvalue weighted by atomic mass is 16.2.